The maximum Gasteiger partial charge on any atom is 0.313 e. The molecule has 0 fully saturated rings. The van der Waals surface area contributed by atoms with Gasteiger partial charge in [-0.15, -0.1) is 0 Å². The normalized spacial score (nSPS) is 10.5. The number of ether oxygens (including phenoxy) is 1. The second-order valence-corrected chi connectivity index (χ2v) is 6.03. The van der Waals surface area contributed by atoms with Gasteiger partial charge >= 0.3 is 17.9 Å². The quantitative estimate of drug-likeness (QED) is 0.269. The molecule has 0 aromatic rings. The molecule has 0 aliphatic carbocycles. The van der Waals surface area contributed by atoms with Crippen LogP contribution in [-0.2, 0) is 19.1 Å². The Labute approximate surface area is 139 Å². The van der Waals surface area contributed by atoms with Crippen molar-refractivity contribution in [1.82, 2.24) is 0 Å². The van der Waals surface area contributed by atoms with Crippen molar-refractivity contribution in [2.24, 2.45) is 0 Å². The van der Waals surface area contributed by atoms with Gasteiger partial charge in [0.05, 0.1) is 0 Å². The van der Waals surface area contributed by atoms with E-state index in [2.05, 4.69) is 6.92 Å². The topological polar surface area (TPSA) is 80.7 Å². The molecule has 1 N–H and O–H groups in total. The van der Waals surface area contributed by atoms with Gasteiger partial charge in [0, 0.05) is 19.3 Å². The zero-order valence-electron chi connectivity index (χ0n) is 14.5. The van der Waals surface area contributed by atoms with Crippen molar-refractivity contribution in [3.05, 3.63) is 0 Å². The highest BCUT2D eigenvalue weighted by atomic mass is 16.6. The summed E-state index contributed by atoms with van der Waals surface area (Å²) >= 11 is 0. The molecule has 23 heavy (non-hydrogen) atoms. The van der Waals surface area contributed by atoms with Gasteiger partial charge in [-0.1, -0.05) is 58.3 Å². The lowest BCUT2D eigenvalue weighted by Gasteiger charge is -2.03. The molecule has 0 aliphatic rings. The second-order valence-electron chi connectivity index (χ2n) is 6.03. The highest BCUT2D eigenvalue weighted by molar-refractivity contribution is 5.85. The number of esters is 2. The molecule has 0 heterocycles. The van der Waals surface area contributed by atoms with Crippen LogP contribution < -0.4 is 0 Å². The molecular formula is C18H32O5. The molecule has 0 bridgehead atoms. The van der Waals surface area contributed by atoms with Crippen LogP contribution in [0.4, 0.5) is 0 Å². The average Bonchev–Trinajstić information content (AvgIpc) is 2.49. The lowest BCUT2D eigenvalue weighted by atomic mass is 10.1. The Kier molecular flexibility index (Phi) is 14.6. The van der Waals surface area contributed by atoms with Crippen molar-refractivity contribution in [1.29, 1.82) is 0 Å². The first kappa shape index (κ1) is 21.6. The fourth-order valence-electron chi connectivity index (χ4n) is 2.35. The Bertz CT molecular complexity index is 338. The van der Waals surface area contributed by atoms with Gasteiger partial charge in [-0.3, -0.25) is 14.4 Å². The van der Waals surface area contributed by atoms with Crippen molar-refractivity contribution in [3.8, 4) is 0 Å². The lowest BCUT2D eigenvalue weighted by Crippen LogP contribution is -2.12. The Morgan fingerprint density at radius 2 is 1.04 bits per heavy atom. The number of hydrogen-bond donors (Lipinski definition) is 1. The van der Waals surface area contributed by atoms with Crippen molar-refractivity contribution in [2.75, 3.05) is 0 Å². The maximum absolute atomic E-state index is 11.5. The summed E-state index contributed by atoms with van der Waals surface area (Å²) in [5, 5.41) is 8.47. The molecule has 5 nitrogen and oxygen atoms in total. The number of carboxylic acids is 1. The fourth-order valence-corrected chi connectivity index (χ4v) is 2.35. The van der Waals surface area contributed by atoms with E-state index < -0.39 is 17.9 Å². The maximum atomic E-state index is 11.5. The van der Waals surface area contributed by atoms with Crippen molar-refractivity contribution in [3.63, 3.8) is 0 Å². The summed E-state index contributed by atoms with van der Waals surface area (Å²) in [5.41, 5.74) is 0. The smallest absolute Gasteiger partial charge is 0.313 e. The molecule has 0 unspecified atom stereocenters. The minimum atomic E-state index is -0.875. The number of unbranched alkanes of at least 4 members (excludes halogenated alkanes) is 9. The van der Waals surface area contributed by atoms with Gasteiger partial charge in [0.25, 0.3) is 0 Å². The SMILES string of the molecule is CCCCCCCCCCCC(=O)OC(=O)CCCCC(=O)O. The van der Waals surface area contributed by atoms with Gasteiger partial charge in [0.1, 0.15) is 0 Å². The van der Waals surface area contributed by atoms with Crippen LogP contribution in [0.5, 0.6) is 0 Å². The molecule has 0 spiro atoms. The van der Waals surface area contributed by atoms with Crippen molar-refractivity contribution >= 4 is 17.9 Å². The van der Waals surface area contributed by atoms with Crippen LogP contribution in [0.15, 0.2) is 0 Å². The molecule has 0 aromatic heterocycles. The predicted octanol–water partition coefficient (Wildman–Crippen LogP) is 4.62. The van der Waals surface area contributed by atoms with Gasteiger partial charge in [-0.2, -0.15) is 0 Å². The van der Waals surface area contributed by atoms with Crippen LogP contribution in [0.1, 0.15) is 96.8 Å². The summed E-state index contributed by atoms with van der Waals surface area (Å²) in [5.74, 6) is -1.88. The van der Waals surface area contributed by atoms with Crippen LogP contribution >= 0.6 is 0 Å². The first-order valence-corrected chi connectivity index (χ1v) is 9.01. The fraction of sp³-hybridized carbons (Fsp3) is 0.833. The molecule has 0 atom stereocenters. The molecule has 0 saturated carbocycles. The van der Waals surface area contributed by atoms with Crippen LogP contribution in [0.2, 0.25) is 0 Å². The molecule has 0 amide bonds. The van der Waals surface area contributed by atoms with E-state index in [0.29, 0.717) is 12.8 Å². The number of carbonyl (C=O) groups is 3. The third kappa shape index (κ3) is 16.8. The Balaban J connectivity index is 3.38. The van der Waals surface area contributed by atoms with Crippen LogP contribution in [-0.4, -0.2) is 23.0 Å². The van der Waals surface area contributed by atoms with E-state index in [0.717, 1.165) is 19.3 Å². The number of aliphatic carboxylic acids is 1. The number of rotatable bonds is 15. The van der Waals surface area contributed by atoms with E-state index in [9.17, 15) is 14.4 Å². The summed E-state index contributed by atoms with van der Waals surface area (Å²) in [4.78, 5) is 33.1. The monoisotopic (exact) mass is 328 g/mol. The third-order valence-corrected chi connectivity index (χ3v) is 3.73. The lowest BCUT2D eigenvalue weighted by molar-refractivity contribution is -0.160. The van der Waals surface area contributed by atoms with Crippen molar-refractivity contribution in [2.45, 2.75) is 96.8 Å². The minimum Gasteiger partial charge on any atom is -0.481 e. The van der Waals surface area contributed by atoms with E-state index >= 15 is 0 Å². The largest absolute Gasteiger partial charge is 0.481 e. The zero-order chi connectivity index (χ0) is 17.3. The highest BCUT2D eigenvalue weighted by Gasteiger charge is 2.10. The molecular weight excluding hydrogens is 296 g/mol. The molecule has 0 radical (unpaired) electrons. The Morgan fingerprint density at radius 3 is 1.52 bits per heavy atom. The summed E-state index contributed by atoms with van der Waals surface area (Å²) in [7, 11) is 0. The number of carbonyl (C=O) groups excluding carboxylic acids is 2. The summed E-state index contributed by atoms with van der Waals surface area (Å²) in [6.07, 6.45) is 11.9. The first-order chi connectivity index (χ1) is 11.1. The van der Waals surface area contributed by atoms with Gasteiger partial charge in [-0.25, -0.2) is 0 Å². The van der Waals surface area contributed by atoms with Crippen LogP contribution in [0.25, 0.3) is 0 Å². The standard InChI is InChI=1S/C18H32O5/c1-2-3-4-5-6-7-8-9-10-14-17(21)23-18(22)15-12-11-13-16(19)20/h2-15H2,1H3,(H,19,20). The van der Waals surface area contributed by atoms with Gasteiger partial charge in [0.15, 0.2) is 0 Å². The van der Waals surface area contributed by atoms with E-state index in [-0.39, 0.29) is 19.3 Å². The molecule has 0 aromatic carbocycles. The summed E-state index contributed by atoms with van der Waals surface area (Å²) in [6.45, 7) is 2.21. The third-order valence-electron chi connectivity index (χ3n) is 3.73. The van der Waals surface area contributed by atoms with Gasteiger partial charge in [-0.05, 0) is 19.3 Å². The average molecular weight is 328 g/mol. The molecule has 5 heteroatoms. The van der Waals surface area contributed by atoms with Crippen LogP contribution in [0.3, 0.4) is 0 Å². The summed E-state index contributed by atoms with van der Waals surface area (Å²) < 4.78 is 4.70. The Morgan fingerprint density at radius 1 is 0.652 bits per heavy atom. The van der Waals surface area contributed by atoms with E-state index in [1.54, 1.807) is 0 Å². The van der Waals surface area contributed by atoms with Gasteiger partial charge in [0.2, 0.25) is 0 Å². The predicted molar refractivity (Wildman–Crippen MR) is 89.0 cm³/mol. The van der Waals surface area contributed by atoms with Crippen molar-refractivity contribution < 1.29 is 24.2 Å². The molecule has 0 saturated heterocycles. The number of carboxylic acid groups (broad SMARTS) is 1. The zero-order valence-corrected chi connectivity index (χ0v) is 14.5. The minimum absolute atomic E-state index is 0.0413. The Hall–Kier alpha value is -1.39. The van der Waals surface area contributed by atoms with Gasteiger partial charge < -0.3 is 9.84 Å². The molecule has 0 rings (SSSR count). The van der Waals surface area contributed by atoms with E-state index in [1.165, 1.54) is 38.5 Å². The highest BCUT2D eigenvalue weighted by Crippen LogP contribution is 2.11. The molecule has 134 valence electrons. The van der Waals surface area contributed by atoms with E-state index in [4.69, 9.17) is 9.84 Å². The summed E-state index contributed by atoms with van der Waals surface area (Å²) in [6, 6.07) is 0. The molecule has 0 aliphatic heterocycles. The second kappa shape index (κ2) is 15.5. The van der Waals surface area contributed by atoms with E-state index in [1.807, 2.05) is 0 Å². The van der Waals surface area contributed by atoms with Crippen LogP contribution in [0, 0.1) is 0 Å². The first-order valence-electron chi connectivity index (χ1n) is 9.01. The number of hydrogen-bond acceptors (Lipinski definition) is 4.